The smallest absolute Gasteiger partial charge is 0.264 e. The van der Waals surface area contributed by atoms with Crippen LogP contribution in [0, 0.1) is 5.92 Å². The van der Waals surface area contributed by atoms with Crippen LogP contribution in [0.5, 0.6) is 0 Å². The molecular formula is C20H23ClN2O3S. The van der Waals surface area contributed by atoms with Gasteiger partial charge in [-0.1, -0.05) is 30.7 Å². The lowest BCUT2D eigenvalue weighted by Crippen LogP contribution is -2.39. The zero-order valence-corrected chi connectivity index (χ0v) is 17.0. The van der Waals surface area contributed by atoms with Crippen LogP contribution >= 0.6 is 11.6 Å². The van der Waals surface area contributed by atoms with Gasteiger partial charge in [0.1, 0.15) is 0 Å². The highest BCUT2D eigenvalue weighted by molar-refractivity contribution is 7.92. The first kappa shape index (κ1) is 19.7. The van der Waals surface area contributed by atoms with Crippen molar-refractivity contribution in [3.63, 3.8) is 0 Å². The summed E-state index contributed by atoms with van der Waals surface area (Å²) in [7, 11) is -2.33. The van der Waals surface area contributed by atoms with Crippen LogP contribution in [0.1, 0.15) is 30.1 Å². The molecule has 1 saturated heterocycles. The van der Waals surface area contributed by atoms with Gasteiger partial charge in [-0.2, -0.15) is 0 Å². The first-order valence-electron chi connectivity index (χ1n) is 8.93. The molecule has 0 bridgehead atoms. The number of carbonyl (C=O) groups is 1. The molecule has 3 rings (SSSR count). The fourth-order valence-electron chi connectivity index (χ4n) is 3.31. The number of rotatable bonds is 4. The molecule has 0 saturated carbocycles. The van der Waals surface area contributed by atoms with Gasteiger partial charge in [0.2, 0.25) is 0 Å². The molecule has 0 N–H and O–H groups in total. The summed E-state index contributed by atoms with van der Waals surface area (Å²) in [5.74, 6) is 0.340. The zero-order valence-electron chi connectivity index (χ0n) is 15.4. The van der Waals surface area contributed by atoms with E-state index < -0.39 is 10.0 Å². The minimum atomic E-state index is -3.80. The molecule has 0 spiro atoms. The molecule has 1 aliphatic heterocycles. The number of nitrogens with zero attached hydrogens (tertiary/aromatic N) is 2. The molecular weight excluding hydrogens is 384 g/mol. The minimum Gasteiger partial charge on any atom is -0.338 e. The molecule has 1 amide bonds. The Kier molecular flexibility index (Phi) is 5.77. The molecule has 2 aromatic carbocycles. The number of benzene rings is 2. The maximum absolute atomic E-state index is 13.0. The number of likely N-dealkylation sites (tertiary alicyclic amines) is 1. The second-order valence-electron chi connectivity index (χ2n) is 6.98. The van der Waals surface area contributed by atoms with Gasteiger partial charge in [-0.25, -0.2) is 8.42 Å². The molecule has 0 radical (unpaired) electrons. The highest BCUT2D eigenvalue weighted by atomic mass is 35.5. The van der Waals surface area contributed by atoms with Crippen molar-refractivity contribution >= 4 is 33.2 Å². The summed E-state index contributed by atoms with van der Waals surface area (Å²) in [4.78, 5) is 14.7. The van der Waals surface area contributed by atoms with Crippen LogP contribution in [0.25, 0.3) is 0 Å². The van der Waals surface area contributed by atoms with E-state index in [-0.39, 0.29) is 10.8 Å². The van der Waals surface area contributed by atoms with Crippen molar-refractivity contribution in [2.24, 2.45) is 5.92 Å². The van der Waals surface area contributed by atoms with Gasteiger partial charge < -0.3 is 4.90 Å². The van der Waals surface area contributed by atoms with Crippen LogP contribution < -0.4 is 4.31 Å². The molecule has 7 heteroatoms. The molecule has 144 valence electrons. The average molecular weight is 407 g/mol. The van der Waals surface area contributed by atoms with Gasteiger partial charge in [-0.3, -0.25) is 9.10 Å². The Labute approximate surface area is 165 Å². The SMILES string of the molecule is CC1CCCN(C(=O)c2cccc(S(=O)(=O)N(C)c3cccc(Cl)c3)c2)C1. The number of halogens is 1. The van der Waals surface area contributed by atoms with Crippen molar-refractivity contribution < 1.29 is 13.2 Å². The third kappa shape index (κ3) is 4.28. The van der Waals surface area contributed by atoms with Gasteiger partial charge >= 0.3 is 0 Å². The van der Waals surface area contributed by atoms with Crippen LogP contribution in [0.3, 0.4) is 0 Å². The summed E-state index contributed by atoms with van der Waals surface area (Å²) in [6.45, 7) is 3.54. The van der Waals surface area contributed by atoms with Crippen molar-refractivity contribution in [1.82, 2.24) is 4.90 Å². The fourth-order valence-corrected chi connectivity index (χ4v) is 4.73. The first-order chi connectivity index (χ1) is 12.8. The van der Waals surface area contributed by atoms with Crippen molar-refractivity contribution in [1.29, 1.82) is 0 Å². The van der Waals surface area contributed by atoms with E-state index in [2.05, 4.69) is 6.92 Å². The topological polar surface area (TPSA) is 57.7 Å². The zero-order chi connectivity index (χ0) is 19.6. The second-order valence-corrected chi connectivity index (χ2v) is 9.38. The Hall–Kier alpha value is -2.05. The number of hydrogen-bond acceptors (Lipinski definition) is 3. The number of hydrogen-bond donors (Lipinski definition) is 0. The predicted molar refractivity (Wildman–Crippen MR) is 108 cm³/mol. The Morgan fingerprint density at radius 1 is 1.19 bits per heavy atom. The van der Waals surface area contributed by atoms with E-state index in [1.165, 1.54) is 23.5 Å². The highest BCUT2D eigenvalue weighted by Gasteiger charge is 2.25. The molecule has 1 fully saturated rings. The summed E-state index contributed by atoms with van der Waals surface area (Å²) in [5, 5.41) is 0.456. The monoisotopic (exact) mass is 406 g/mol. The third-order valence-corrected chi connectivity index (χ3v) is 6.87. The largest absolute Gasteiger partial charge is 0.338 e. The standard InChI is InChI=1S/C20H23ClN2O3S/c1-15-6-5-11-23(14-15)20(24)16-7-3-10-19(12-16)27(25,26)22(2)18-9-4-8-17(21)13-18/h3-4,7-10,12-13,15H,5-6,11,14H2,1-2H3. The van der Waals surface area contributed by atoms with Gasteiger partial charge in [0.15, 0.2) is 0 Å². The summed E-state index contributed by atoms with van der Waals surface area (Å²) in [6, 6.07) is 12.9. The van der Waals surface area contributed by atoms with E-state index in [1.54, 1.807) is 41.3 Å². The molecule has 2 aromatic rings. The molecule has 1 unspecified atom stereocenters. The molecule has 27 heavy (non-hydrogen) atoms. The molecule has 0 aliphatic carbocycles. The lowest BCUT2D eigenvalue weighted by molar-refractivity contribution is 0.0683. The summed E-state index contributed by atoms with van der Waals surface area (Å²) < 4.78 is 27.2. The Morgan fingerprint density at radius 3 is 2.63 bits per heavy atom. The van der Waals surface area contributed by atoms with Gasteiger partial charge in [-0.15, -0.1) is 0 Å². The van der Waals surface area contributed by atoms with Crippen LogP contribution in [0.15, 0.2) is 53.4 Å². The number of anilines is 1. The molecule has 0 aromatic heterocycles. The van der Waals surface area contributed by atoms with E-state index >= 15 is 0 Å². The molecule has 1 aliphatic rings. The summed E-state index contributed by atoms with van der Waals surface area (Å²) >= 11 is 5.98. The van der Waals surface area contributed by atoms with Crippen molar-refractivity contribution in [3.8, 4) is 0 Å². The first-order valence-corrected chi connectivity index (χ1v) is 10.7. The molecule has 5 nitrogen and oxygen atoms in total. The quantitative estimate of drug-likeness (QED) is 0.769. The van der Waals surface area contributed by atoms with Gasteiger partial charge in [0, 0.05) is 30.7 Å². The van der Waals surface area contributed by atoms with E-state index in [0.717, 1.165) is 12.8 Å². The predicted octanol–water partition coefficient (Wildman–Crippen LogP) is 4.04. The van der Waals surface area contributed by atoms with E-state index in [9.17, 15) is 13.2 Å². The van der Waals surface area contributed by atoms with Gasteiger partial charge in [0.25, 0.3) is 15.9 Å². The van der Waals surface area contributed by atoms with Crippen molar-refractivity contribution in [2.45, 2.75) is 24.7 Å². The highest BCUT2D eigenvalue weighted by Crippen LogP contribution is 2.26. The van der Waals surface area contributed by atoms with Gasteiger partial charge in [0.05, 0.1) is 10.6 Å². The fraction of sp³-hybridized carbons (Fsp3) is 0.350. The van der Waals surface area contributed by atoms with E-state index in [1.807, 2.05) is 0 Å². The maximum Gasteiger partial charge on any atom is 0.264 e. The third-order valence-electron chi connectivity index (χ3n) is 4.86. The molecule has 1 heterocycles. The van der Waals surface area contributed by atoms with Crippen molar-refractivity contribution in [2.75, 3.05) is 24.4 Å². The van der Waals surface area contributed by atoms with Crippen LogP contribution in [0.2, 0.25) is 5.02 Å². The minimum absolute atomic E-state index is 0.0842. The van der Waals surface area contributed by atoms with Crippen LogP contribution in [0.4, 0.5) is 5.69 Å². The molecule has 1 atom stereocenters. The Bertz CT molecular complexity index is 946. The second kappa shape index (κ2) is 7.90. The van der Waals surface area contributed by atoms with E-state index in [4.69, 9.17) is 11.6 Å². The van der Waals surface area contributed by atoms with Gasteiger partial charge in [-0.05, 0) is 55.2 Å². The lowest BCUT2D eigenvalue weighted by Gasteiger charge is -2.31. The van der Waals surface area contributed by atoms with Crippen molar-refractivity contribution in [3.05, 3.63) is 59.1 Å². The number of amides is 1. The normalized spacial score (nSPS) is 17.6. The Morgan fingerprint density at radius 2 is 1.93 bits per heavy atom. The maximum atomic E-state index is 13.0. The summed E-state index contributed by atoms with van der Waals surface area (Å²) in [6.07, 6.45) is 2.09. The average Bonchev–Trinajstić information content (AvgIpc) is 2.67. The number of sulfonamides is 1. The Balaban J connectivity index is 1.89. The van der Waals surface area contributed by atoms with Crippen LogP contribution in [-0.2, 0) is 10.0 Å². The van der Waals surface area contributed by atoms with E-state index in [0.29, 0.717) is 35.3 Å². The number of carbonyl (C=O) groups excluding carboxylic acids is 1. The summed E-state index contributed by atoms with van der Waals surface area (Å²) in [5.41, 5.74) is 0.855. The number of piperidine rings is 1. The lowest BCUT2D eigenvalue weighted by atomic mass is 9.99. The van der Waals surface area contributed by atoms with Crippen LogP contribution in [-0.4, -0.2) is 39.4 Å².